The summed E-state index contributed by atoms with van der Waals surface area (Å²) in [6, 6.07) is 2.03. The first-order chi connectivity index (χ1) is 7.94. The summed E-state index contributed by atoms with van der Waals surface area (Å²) >= 11 is 0. The molecule has 0 aliphatic carbocycles. The Morgan fingerprint density at radius 1 is 1.53 bits per heavy atom. The topological polar surface area (TPSA) is 62.1 Å². The van der Waals surface area contributed by atoms with E-state index in [1.165, 1.54) is 5.56 Å². The molecule has 0 aliphatic rings. The Morgan fingerprint density at radius 3 is 2.76 bits per heavy atom. The van der Waals surface area contributed by atoms with Crippen LogP contribution in [-0.2, 0) is 11.2 Å². The molecule has 1 rings (SSSR count). The molecule has 1 aromatic rings. The molecule has 0 saturated heterocycles. The fourth-order valence-corrected chi connectivity index (χ4v) is 1.55. The second kappa shape index (κ2) is 5.87. The van der Waals surface area contributed by atoms with Crippen LogP contribution < -0.4 is 5.73 Å². The van der Waals surface area contributed by atoms with Crippen molar-refractivity contribution < 1.29 is 4.79 Å². The van der Waals surface area contributed by atoms with Crippen LogP contribution in [-0.4, -0.2) is 35.9 Å². The number of carbonyl (C=O) groups excluding carboxylic acids is 1. The molecule has 0 spiro atoms. The summed E-state index contributed by atoms with van der Waals surface area (Å²) < 4.78 is 0. The zero-order chi connectivity index (χ0) is 12.9. The van der Waals surface area contributed by atoms with E-state index in [-0.39, 0.29) is 11.3 Å². The van der Waals surface area contributed by atoms with Gasteiger partial charge < -0.3 is 15.6 Å². The number of aromatic amines is 1. The number of nitrogens with zero attached hydrogens (tertiary/aromatic N) is 1. The van der Waals surface area contributed by atoms with Crippen molar-refractivity contribution in [1.29, 1.82) is 0 Å². The van der Waals surface area contributed by atoms with Crippen molar-refractivity contribution in [2.75, 3.05) is 20.1 Å². The molecule has 96 valence electrons. The number of amides is 1. The summed E-state index contributed by atoms with van der Waals surface area (Å²) in [6.07, 6.45) is 5.25. The average Bonchev–Trinajstić information content (AvgIpc) is 2.78. The van der Waals surface area contributed by atoms with Gasteiger partial charge >= 0.3 is 0 Å². The minimum atomic E-state index is -0.112. The van der Waals surface area contributed by atoms with Gasteiger partial charge in [-0.3, -0.25) is 4.79 Å². The fraction of sp³-hybridized carbons (Fsp3) is 0.615. The standard InChI is InChI=1S/C13H23N3O/c1-13(2,10-14)8-12(17)16(3)7-5-11-4-6-15-9-11/h4,6,9,15H,5,7-8,10,14H2,1-3H3. The number of hydrogen-bond donors (Lipinski definition) is 2. The molecule has 1 aromatic heterocycles. The van der Waals surface area contributed by atoms with Gasteiger partial charge in [-0.1, -0.05) is 13.8 Å². The summed E-state index contributed by atoms with van der Waals surface area (Å²) in [4.78, 5) is 16.7. The van der Waals surface area contributed by atoms with Crippen molar-refractivity contribution >= 4 is 5.91 Å². The van der Waals surface area contributed by atoms with Crippen molar-refractivity contribution in [2.24, 2.45) is 11.1 Å². The molecular formula is C13H23N3O. The van der Waals surface area contributed by atoms with Gasteiger partial charge in [0, 0.05) is 32.4 Å². The van der Waals surface area contributed by atoms with E-state index in [2.05, 4.69) is 4.98 Å². The maximum atomic E-state index is 11.9. The van der Waals surface area contributed by atoms with Crippen LogP contribution in [0.3, 0.4) is 0 Å². The van der Waals surface area contributed by atoms with E-state index in [0.29, 0.717) is 13.0 Å². The molecule has 0 fully saturated rings. The van der Waals surface area contributed by atoms with Gasteiger partial charge in [-0.2, -0.15) is 0 Å². The molecular weight excluding hydrogens is 214 g/mol. The van der Waals surface area contributed by atoms with E-state index in [1.54, 1.807) is 4.90 Å². The molecule has 0 atom stereocenters. The third-order valence-electron chi connectivity index (χ3n) is 3.01. The maximum Gasteiger partial charge on any atom is 0.222 e. The van der Waals surface area contributed by atoms with Crippen LogP contribution in [0.2, 0.25) is 0 Å². The van der Waals surface area contributed by atoms with E-state index < -0.39 is 0 Å². The van der Waals surface area contributed by atoms with Crippen molar-refractivity contribution in [3.8, 4) is 0 Å². The summed E-state index contributed by atoms with van der Waals surface area (Å²) in [5.74, 6) is 0.163. The van der Waals surface area contributed by atoms with Gasteiger partial charge in [-0.15, -0.1) is 0 Å². The molecule has 0 saturated carbocycles. The largest absolute Gasteiger partial charge is 0.367 e. The molecule has 0 aliphatic heterocycles. The van der Waals surface area contributed by atoms with E-state index in [1.807, 2.05) is 39.4 Å². The Kier molecular flexibility index (Phi) is 4.75. The third-order valence-corrected chi connectivity index (χ3v) is 3.01. The first-order valence-electron chi connectivity index (χ1n) is 6.00. The highest BCUT2D eigenvalue weighted by Crippen LogP contribution is 2.19. The normalized spacial score (nSPS) is 11.5. The zero-order valence-corrected chi connectivity index (χ0v) is 11.0. The first-order valence-corrected chi connectivity index (χ1v) is 6.00. The predicted molar refractivity (Wildman–Crippen MR) is 69.6 cm³/mol. The average molecular weight is 237 g/mol. The van der Waals surface area contributed by atoms with E-state index in [9.17, 15) is 4.79 Å². The Hall–Kier alpha value is -1.29. The molecule has 0 unspecified atom stereocenters. The highest BCUT2D eigenvalue weighted by molar-refractivity contribution is 5.76. The quantitative estimate of drug-likeness (QED) is 0.785. The number of aromatic nitrogens is 1. The molecule has 1 heterocycles. The Balaban J connectivity index is 2.37. The lowest BCUT2D eigenvalue weighted by Crippen LogP contribution is -2.35. The lowest BCUT2D eigenvalue weighted by Gasteiger charge is -2.25. The van der Waals surface area contributed by atoms with Crippen LogP contribution >= 0.6 is 0 Å². The van der Waals surface area contributed by atoms with Gasteiger partial charge in [0.25, 0.3) is 0 Å². The number of likely N-dealkylation sites (N-methyl/N-ethyl adjacent to an activating group) is 1. The van der Waals surface area contributed by atoms with Crippen molar-refractivity contribution in [3.63, 3.8) is 0 Å². The monoisotopic (exact) mass is 237 g/mol. The third kappa shape index (κ3) is 4.61. The maximum absolute atomic E-state index is 11.9. The van der Waals surface area contributed by atoms with Crippen molar-refractivity contribution in [2.45, 2.75) is 26.7 Å². The molecule has 0 aromatic carbocycles. The van der Waals surface area contributed by atoms with Gasteiger partial charge in [0.1, 0.15) is 0 Å². The molecule has 0 bridgehead atoms. The molecule has 1 amide bonds. The first kappa shape index (κ1) is 13.8. The number of nitrogens with two attached hydrogens (primary N) is 1. The molecule has 4 nitrogen and oxygen atoms in total. The van der Waals surface area contributed by atoms with Crippen molar-refractivity contribution in [3.05, 3.63) is 24.0 Å². The van der Waals surface area contributed by atoms with Gasteiger partial charge in [-0.25, -0.2) is 0 Å². The van der Waals surface area contributed by atoms with Gasteiger partial charge in [0.2, 0.25) is 5.91 Å². The second-order valence-corrected chi connectivity index (χ2v) is 5.33. The Bertz CT molecular complexity index is 344. The Morgan fingerprint density at radius 2 is 2.24 bits per heavy atom. The van der Waals surface area contributed by atoms with E-state index in [4.69, 9.17) is 5.73 Å². The highest BCUT2D eigenvalue weighted by Gasteiger charge is 2.22. The molecule has 0 radical (unpaired) electrons. The molecule has 17 heavy (non-hydrogen) atoms. The van der Waals surface area contributed by atoms with E-state index in [0.717, 1.165) is 13.0 Å². The van der Waals surface area contributed by atoms with Crippen LogP contribution in [0, 0.1) is 5.41 Å². The van der Waals surface area contributed by atoms with Gasteiger partial charge in [0.15, 0.2) is 0 Å². The van der Waals surface area contributed by atoms with Crippen LogP contribution in [0.1, 0.15) is 25.8 Å². The molecule has 3 N–H and O–H groups in total. The van der Waals surface area contributed by atoms with Crippen LogP contribution in [0.5, 0.6) is 0 Å². The summed E-state index contributed by atoms with van der Waals surface area (Å²) in [5.41, 5.74) is 6.74. The lowest BCUT2D eigenvalue weighted by molar-refractivity contribution is -0.131. The summed E-state index contributed by atoms with van der Waals surface area (Å²) in [7, 11) is 1.85. The number of H-pyrrole nitrogens is 1. The fourth-order valence-electron chi connectivity index (χ4n) is 1.55. The van der Waals surface area contributed by atoms with Gasteiger partial charge in [-0.05, 0) is 30.0 Å². The number of hydrogen-bond acceptors (Lipinski definition) is 2. The predicted octanol–water partition coefficient (Wildman–Crippen LogP) is 1.39. The SMILES string of the molecule is CN(CCc1cc[nH]c1)C(=O)CC(C)(C)CN. The highest BCUT2D eigenvalue weighted by atomic mass is 16.2. The number of carbonyl (C=O) groups is 1. The van der Waals surface area contributed by atoms with Crippen molar-refractivity contribution in [1.82, 2.24) is 9.88 Å². The smallest absolute Gasteiger partial charge is 0.222 e. The minimum absolute atomic E-state index is 0.112. The number of nitrogens with one attached hydrogen (secondary N) is 1. The number of rotatable bonds is 6. The Labute approximate surface area is 103 Å². The zero-order valence-electron chi connectivity index (χ0n) is 11.0. The molecule has 4 heteroatoms. The second-order valence-electron chi connectivity index (χ2n) is 5.33. The summed E-state index contributed by atoms with van der Waals surface area (Å²) in [5, 5.41) is 0. The lowest BCUT2D eigenvalue weighted by atomic mass is 9.89. The van der Waals surface area contributed by atoms with Crippen LogP contribution in [0.25, 0.3) is 0 Å². The van der Waals surface area contributed by atoms with E-state index >= 15 is 0 Å². The van der Waals surface area contributed by atoms with Crippen LogP contribution in [0.15, 0.2) is 18.5 Å². The minimum Gasteiger partial charge on any atom is -0.367 e. The summed E-state index contributed by atoms with van der Waals surface area (Å²) in [6.45, 7) is 5.32. The van der Waals surface area contributed by atoms with Crippen LogP contribution in [0.4, 0.5) is 0 Å². The van der Waals surface area contributed by atoms with Gasteiger partial charge in [0.05, 0.1) is 0 Å².